The van der Waals surface area contributed by atoms with E-state index in [4.69, 9.17) is 38.0 Å². The summed E-state index contributed by atoms with van der Waals surface area (Å²) in [5.41, 5.74) is 0. The van der Waals surface area contributed by atoms with Crippen LogP contribution in [0.5, 0.6) is 0 Å². The first-order valence-corrected chi connectivity index (χ1v) is 9.10. The van der Waals surface area contributed by atoms with E-state index in [0.29, 0.717) is 6.61 Å². The molecule has 0 radical (unpaired) electrons. The summed E-state index contributed by atoms with van der Waals surface area (Å²) >= 11 is 17.1. The standard InChI is InChI=1S/C7H13Cl3OSi/c1-2-5-11-6-3-4-7-12(8,9)10/h2,5H,3-4,6-7H2,1H3. The molecular weight excluding hydrogens is 235 g/mol. The first-order chi connectivity index (χ1) is 5.56. The maximum Gasteiger partial charge on any atom is 0.341 e. The Balaban J connectivity index is 3.11. The molecule has 0 unspecified atom stereocenters. The van der Waals surface area contributed by atoms with Crippen molar-refractivity contribution in [1.82, 2.24) is 0 Å². The molecule has 0 atom stereocenters. The average Bonchev–Trinajstić information content (AvgIpc) is 1.94. The Hall–Kier alpha value is 0.627. The van der Waals surface area contributed by atoms with E-state index in [0.717, 1.165) is 18.9 Å². The Morgan fingerprint density at radius 1 is 1.25 bits per heavy atom. The molecule has 0 aliphatic carbocycles. The van der Waals surface area contributed by atoms with Gasteiger partial charge in [0, 0.05) is 0 Å². The molecule has 0 aromatic carbocycles. The van der Waals surface area contributed by atoms with Gasteiger partial charge >= 0.3 is 6.00 Å². The molecule has 0 aliphatic heterocycles. The normalized spacial score (nSPS) is 12.3. The van der Waals surface area contributed by atoms with Crippen LogP contribution in [0.4, 0.5) is 0 Å². The molecule has 0 saturated heterocycles. The molecule has 1 nitrogen and oxygen atoms in total. The topological polar surface area (TPSA) is 9.23 Å². The molecule has 0 saturated carbocycles. The van der Waals surface area contributed by atoms with Gasteiger partial charge in [-0.2, -0.15) is 0 Å². The summed E-state index contributed by atoms with van der Waals surface area (Å²) in [5, 5.41) is 0. The lowest BCUT2D eigenvalue weighted by atomic mass is 10.4. The molecular formula is C7H13Cl3OSi. The summed E-state index contributed by atoms with van der Waals surface area (Å²) in [5.74, 6) is 0. The minimum absolute atomic E-state index is 0.708. The molecule has 0 rings (SSSR count). The van der Waals surface area contributed by atoms with E-state index in [9.17, 15) is 0 Å². The summed E-state index contributed by atoms with van der Waals surface area (Å²) in [6, 6.07) is -1.66. The van der Waals surface area contributed by atoms with Crippen molar-refractivity contribution in [2.45, 2.75) is 25.8 Å². The fourth-order valence-corrected chi connectivity index (χ4v) is 2.53. The zero-order valence-electron chi connectivity index (χ0n) is 7.03. The Labute approximate surface area is 88.8 Å². The van der Waals surface area contributed by atoms with E-state index in [-0.39, 0.29) is 0 Å². The van der Waals surface area contributed by atoms with Crippen LogP contribution in [0.3, 0.4) is 0 Å². The first kappa shape index (κ1) is 12.6. The van der Waals surface area contributed by atoms with Gasteiger partial charge in [0.2, 0.25) is 0 Å². The number of hydrogen-bond acceptors (Lipinski definition) is 1. The van der Waals surface area contributed by atoms with Gasteiger partial charge in [-0.1, -0.05) is 6.08 Å². The van der Waals surface area contributed by atoms with Crippen LogP contribution in [-0.4, -0.2) is 12.6 Å². The Kier molecular flexibility index (Phi) is 7.44. The third-order valence-electron chi connectivity index (χ3n) is 1.20. The van der Waals surface area contributed by atoms with Gasteiger partial charge in [-0.05, 0) is 25.8 Å². The molecule has 72 valence electrons. The molecule has 12 heavy (non-hydrogen) atoms. The van der Waals surface area contributed by atoms with Gasteiger partial charge in [-0.25, -0.2) is 0 Å². The van der Waals surface area contributed by atoms with Crippen molar-refractivity contribution in [2.24, 2.45) is 0 Å². The monoisotopic (exact) mass is 246 g/mol. The number of halogens is 3. The molecule has 0 N–H and O–H groups in total. The zero-order valence-corrected chi connectivity index (χ0v) is 10.3. The Bertz CT molecular complexity index is 133. The minimum Gasteiger partial charge on any atom is -0.502 e. The molecule has 0 fully saturated rings. The van der Waals surface area contributed by atoms with Crippen LogP contribution in [0.15, 0.2) is 12.3 Å². The number of allylic oxidation sites excluding steroid dienone is 1. The van der Waals surface area contributed by atoms with E-state index in [2.05, 4.69) is 0 Å². The molecule has 0 spiro atoms. The second kappa shape index (κ2) is 7.07. The van der Waals surface area contributed by atoms with Gasteiger partial charge < -0.3 is 4.74 Å². The predicted molar refractivity (Wildman–Crippen MR) is 58.1 cm³/mol. The van der Waals surface area contributed by atoms with Crippen molar-refractivity contribution < 1.29 is 4.74 Å². The second-order valence-corrected chi connectivity index (χ2v) is 11.7. The molecule has 0 aromatic heterocycles. The summed E-state index contributed by atoms with van der Waals surface area (Å²) < 4.78 is 5.10. The van der Waals surface area contributed by atoms with Crippen molar-refractivity contribution >= 4 is 39.2 Å². The largest absolute Gasteiger partial charge is 0.502 e. The fraction of sp³-hybridized carbons (Fsp3) is 0.714. The molecule has 5 heteroatoms. The van der Waals surface area contributed by atoms with Gasteiger partial charge in [-0.15, -0.1) is 33.2 Å². The highest BCUT2D eigenvalue weighted by molar-refractivity contribution is 7.64. The highest BCUT2D eigenvalue weighted by Gasteiger charge is 2.23. The second-order valence-electron chi connectivity index (χ2n) is 2.41. The third kappa shape index (κ3) is 10.6. The maximum atomic E-state index is 5.69. The minimum atomic E-state index is -2.38. The third-order valence-corrected chi connectivity index (χ3v) is 3.83. The summed E-state index contributed by atoms with van der Waals surface area (Å²) in [4.78, 5) is 0. The SMILES string of the molecule is CC=COCCCC[Si](Cl)(Cl)Cl. The van der Waals surface area contributed by atoms with Crippen LogP contribution in [0.25, 0.3) is 0 Å². The van der Waals surface area contributed by atoms with Crippen molar-refractivity contribution in [2.75, 3.05) is 6.61 Å². The number of hydrogen-bond donors (Lipinski definition) is 0. The summed E-state index contributed by atoms with van der Waals surface area (Å²) in [6.45, 7) is 2.62. The Morgan fingerprint density at radius 2 is 1.92 bits per heavy atom. The molecule has 0 aliphatic rings. The molecule has 0 amide bonds. The quantitative estimate of drug-likeness (QED) is 0.299. The van der Waals surface area contributed by atoms with Crippen molar-refractivity contribution in [3.63, 3.8) is 0 Å². The number of rotatable bonds is 6. The van der Waals surface area contributed by atoms with E-state index >= 15 is 0 Å². The van der Waals surface area contributed by atoms with E-state index in [1.807, 2.05) is 13.0 Å². The summed E-state index contributed by atoms with van der Waals surface area (Å²) in [7, 11) is 0. The molecule has 0 heterocycles. The van der Waals surface area contributed by atoms with Crippen LogP contribution in [0, 0.1) is 0 Å². The van der Waals surface area contributed by atoms with Gasteiger partial charge in [0.05, 0.1) is 12.9 Å². The van der Waals surface area contributed by atoms with Gasteiger partial charge in [-0.3, -0.25) is 0 Å². The van der Waals surface area contributed by atoms with Crippen molar-refractivity contribution in [1.29, 1.82) is 0 Å². The van der Waals surface area contributed by atoms with Gasteiger partial charge in [0.25, 0.3) is 0 Å². The fourth-order valence-electron chi connectivity index (χ4n) is 0.675. The van der Waals surface area contributed by atoms with E-state index < -0.39 is 6.00 Å². The lowest BCUT2D eigenvalue weighted by molar-refractivity contribution is 0.243. The number of ether oxygens (including phenoxy) is 1. The molecule has 0 aromatic rings. The van der Waals surface area contributed by atoms with Crippen LogP contribution in [-0.2, 0) is 4.74 Å². The summed E-state index contributed by atoms with van der Waals surface area (Å²) in [6.07, 6.45) is 5.40. The lowest BCUT2D eigenvalue weighted by Crippen LogP contribution is -2.08. The van der Waals surface area contributed by atoms with Crippen LogP contribution in [0.2, 0.25) is 6.04 Å². The van der Waals surface area contributed by atoms with E-state index in [1.165, 1.54) is 0 Å². The first-order valence-electron chi connectivity index (χ1n) is 3.86. The number of unbranched alkanes of at least 4 members (excludes halogenated alkanes) is 1. The van der Waals surface area contributed by atoms with Crippen LogP contribution in [0.1, 0.15) is 19.8 Å². The average molecular weight is 248 g/mol. The van der Waals surface area contributed by atoms with Crippen LogP contribution < -0.4 is 0 Å². The van der Waals surface area contributed by atoms with Crippen molar-refractivity contribution in [3.8, 4) is 0 Å². The van der Waals surface area contributed by atoms with Gasteiger partial charge in [0.15, 0.2) is 0 Å². The van der Waals surface area contributed by atoms with E-state index in [1.54, 1.807) is 6.26 Å². The highest BCUT2D eigenvalue weighted by Crippen LogP contribution is 2.26. The highest BCUT2D eigenvalue weighted by atomic mass is 35.8. The maximum absolute atomic E-state index is 5.69. The Morgan fingerprint density at radius 3 is 2.42 bits per heavy atom. The zero-order chi connectivity index (χ0) is 9.45. The van der Waals surface area contributed by atoms with Crippen molar-refractivity contribution in [3.05, 3.63) is 12.3 Å². The molecule has 0 bridgehead atoms. The van der Waals surface area contributed by atoms with Crippen LogP contribution >= 0.6 is 33.2 Å². The smallest absolute Gasteiger partial charge is 0.341 e. The predicted octanol–water partition coefficient (Wildman–Crippen LogP) is 3.97. The lowest BCUT2D eigenvalue weighted by Gasteiger charge is -2.06. The van der Waals surface area contributed by atoms with Gasteiger partial charge in [0.1, 0.15) is 0 Å².